The summed E-state index contributed by atoms with van der Waals surface area (Å²) in [6.45, 7) is -0.152. The fourth-order valence-corrected chi connectivity index (χ4v) is 2.22. The summed E-state index contributed by atoms with van der Waals surface area (Å²) < 4.78 is 76.9. The molecule has 0 aliphatic carbocycles. The molecule has 2 aromatic carbocycles. The van der Waals surface area contributed by atoms with Gasteiger partial charge < -0.3 is 10.4 Å². The van der Waals surface area contributed by atoms with E-state index in [1.54, 1.807) is 0 Å². The summed E-state index contributed by atoms with van der Waals surface area (Å²) in [5.41, 5.74) is -3.96. The minimum atomic E-state index is -5.28. The molecule has 1 amide bonds. The number of carboxylic acid groups (broad SMARTS) is 1. The quantitative estimate of drug-likeness (QED) is 0.762. The Kier molecular flexibility index (Phi) is 5.48. The van der Waals surface area contributed by atoms with Gasteiger partial charge in [0.2, 0.25) is 0 Å². The summed E-state index contributed by atoms with van der Waals surface area (Å²) in [6.07, 6.45) is -10.5. The number of alkyl halides is 6. The molecule has 0 aliphatic heterocycles. The van der Waals surface area contributed by atoms with E-state index in [0.717, 1.165) is 0 Å². The molecule has 27 heavy (non-hydrogen) atoms. The first-order valence-corrected chi connectivity index (χ1v) is 7.28. The number of benzene rings is 2. The third-order valence-corrected chi connectivity index (χ3v) is 3.55. The lowest BCUT2D eigenvalue weighted by molar-refractivity contribution is -0.162. The third-order valence-electron chi connectivity index (χ3n) is 3.55. The lowest BCUT2D eigenvalue weighted by Gasteiger charge is -2.16. The Balaban J connectivity index is 2.20. The van der Waals surface area contributed by atoms with Gasteiger partial charge in [-0.15, -0.1) is 0 Å². The van der Waals surface area contributed by atoms with Crippen LogP contribution < -0.4 is 5.32 Å². The van der Waals surface area contributed by atoms with Crippen LogP contribution in [-0.2, 0) is 18.9 Å². The van der Waals surface area contributed by atoms with Gasteiger partial charge in [0.25, 0.3) is 5.91 Å². The van der Waals surface area contributed by atoms with Crippen molar-refractivity contribution in [2.75, 3.05) is 0 Å². The zero-order valence-corrected chi connectivity index (χ0v) is 13.3. The van der Waals surface area contributed by atoms with E-state index in [9.17, 15) is 35.9 Å². The fraction of sp³-hybridized carbons (Fsp3) is 0.176. The number of nitrogens with one attached hydrogen (secondary N) is 1. The highest BCUT2D eigenvalue weighted by molar-refractivity contribution is 5.94. The number of carbonyl (C=O) groups excluding carboxylic acids is 1. The number of hydrogen-bond acceptors (Lipinski definition) is 2. The molecule has 2 N–H and O–H groups in total. The molecule has 144 valence electrons. The van der Waals surface area contributed by atoms with Gasteiger partial charge in [0.05, 0.1) is 16.7 Å². The number of carboxylic acids is 1. The van der Waals surface area contributed by atoms with Crippen molar-refractivity contribution in [3.8, 4) is 0 Å². The van der Waals surface area contributed by atoms with Crippen molar-refractivity contribution in [1.29, 1.82) is 0 Å². The van der Waals surface area contributed by atoms with Crippen molar-refractivity contribution in [3.05, 3.63) is 70.3 Å². The Labute approximate surface area is 148 Å². The van der Waals surface area contributed by atoms with E-state index >= 15 is 0 Å². The summed E-state index contributed by atoms with van der Waals surface area (Å²) >= 11 is 0. The van der Waals surface area contributed by atoms with Crippen LogP contribution in [0.4, 0.5) is 26.3 Å². The zero-order valence-electron chi connectivity index (χ0n) is 13.3. The highest BCUT2D eigenvalue weighted by Gasteiger charge is 2.43. The average Bonchev–Trinajstić information content (AvgIpc) is 2.58. The first-order chi connectivity index (χ1) is 12.4. The zero-order chi connectivity index (χ0) is 20.4. The predicted octanol–water partition coefficient (Wildman–Crippen LogP) is 4.35. The van der Waals surface area contributed by atoms with E-state index in [0.29, 0.717) is 11.6 Å². The lowest BCUT2D eigenvalue weighted by Crippen LogP contribution is -2.24. The van der Waals surface area contributed by atoms with Crippen LogP contribution in [0.3, 0.4) is 0 Å². The summed E-state index contributed by atoms with van der Waals surface area (Å²) in [5, 5.41) is 11.0. The topological polar surface area (TPSA) is 66.4 Å². The summed E-state index contributed by atoms with van der Waals surface area (Å²) in [6, 6.07) is 6.31. The maximum atomic E-state index is 12.9. The molecule has 0 saturated heterocycles. The summed E-state index contributed by atoms with van der Waals surface area (Å²) in [5.74, 6) is -2.16. The van der Waals surface area contributed by atoms with Gasteiger partial charge in [-0.25, -0.2) is 4.79 Å². The maximum absolute atomic E-state index is 12.9. The highest BCUT2D eigenvalue weighted by Crippen LogP contribution is 2.40. The first kappa shape index (κ1) is 20.3. The van der Waals surface area contributed by atoms with Gasteiger partial charge in [0, 0.05) is 12.1 Å². The fourth-order valence-electron chi connectivity index (χ4n) is 2.22. The molecular formula is C17H11F6NO3. The molecule has 0 saturated carbocycles. The Bertz CT molecular complexity index is 856. The van der Waals surface area contributed by atoms with Crippen molar-refractivity contribution >= 4 is 11.9 Å². The molecule has 2 aromatic rings. The second-order valence-corrected chi connectivity index (χ2v) is 5.44. The highest BCUT2D eigenvalue weighted by atomic mass is 19.4. The molecule has 0 spiro atoms. The predicted molar refractivity (Wildman–Crippen MR) is 81.0 cm³/mol. The van der Waals surface area contributed by atoms with Crippen molar-refractivity contribution in [3.63, 3.8) is 0 Å². The number of aromatic carboxylic acids is 1. The van der Waals surface area contributed by atoms with Crippen LogP contribution in [0.15, 0.2) is 42.5 Å². The number of halogens is 6. The normalized spacial score (nSPS) is 11.9. The minimum absolute atomic E-state index is 0.00244. The van der Waals surface area contributed by atoms with Crippen LogP contribution in [0.25, 0.3) is 0 Å². The molecule has 0 atom stereocenters. The lowest BCUT2D eigenvalue weighted by atomic mass is 10.0. The molecular weight excluding hydrogens is 380 g/mol. The number of hydrogen-bond donors (Lipinski definition) is 2. The minimum Gasteiger partial charge on any atom is -0.478 e. The second-order valence-electron chi connectivity index (χ2n) is 5.44. The molecule has 0 fully saturated rings. The van der Waals surface area contributed by atoms with Gasteiger partial charge >= 0.3 is 18.3 Å². The van der Waals surface area contributed by atoms with Crippen LogP contribution in [0.1, 0.15) is 37.4 Å². The number of amides is 1. The Hall–Kier alpha value is -3.04. The largest absolute Gasteiger partial charge is 0.478 e. The van der Waals surface area contributed by atoms with E-state index in [1.165, 1.54) is 24.3 Å². The van der Waals surface area contributed by atoms with Crippen LogP contribution in [0, 0.1) is 0 Å². The summed E-state index contributed by atoms with van der Waals surface area (Å²) in [4.78, 5) is 22.7. The molecule has 10 heteroatoms. The van der Waals surface area contributed by atoms with Gasteiger partial charge in [-0.3, -0.25) is 4.79 Å². The van der Waals surface area contributed by atoms with Crippen LogP contribution in [-0.4, -0.2) is 17.0 Å². The number of rotatable bonds is 4. The van der Waals surface area contributed by atoms with Gasteiger partial charge in [0.15, 0.2) is 0 Å². The molecule has 0 aromatic heterocycles. The van der Waals surface area contributed by atoms with E-state index in [1.807, 2.05) is 0 Å². The van der Waals surface area contributed by atoms with Gasteiger partial charge in [-0.1, -0.05) is 12.1 Å². The molecule has 0 aliphatic rings. The molecule has 0 heterocycles. The summed E-state index contributed by atoms with van der Waals surface area (Å²) in [7, 11) is 0. The number of carbonyl (C=O) groups is 2. The SMILES string of the molecule is O=C(O)c1ccc(CNC(=O)c2ccc(C(F)(F)F)c(C(F)(F)F)c2)cc1. The molecule has 0 unspecified atom stereocenters. The van der Waals surface area contributed by atoms with Crippen LogP contribution in [0.5, 0.6) is 0 Å². The van der Waals surface area contributed by atoms with Crippen LogP contribution in [0.2, 0.25) is 0 Å². The van der Waals surface area contributed by atoms with Crippen molar-refractivity contribution < 1.29 is 41.0 Å². The van der Waals surface area contributed by atoms with E-state index in [2.05, 4.69) is 5.32 Å². The molecule has 0 bridgehead atoms. The van der Waals surface area contributed by atoms with E-state index < -0.39 is 40.9 Å². The van der Waals surface area contributed by atoms with Gasteiger partial charge in [-0.2, -0.15) is 26.3 Å². The smallest absolute Gasteiger partial charge is 0.417 e. The first-order valence-electron chi connectivity index (χ1n) is 7.28. The van der Waals surface area contributed by atoms with E-state index in [4.69, 9.17) is 5.11 Å². The Morgan fingerprint density at radius 1 is 0.815 bits per heavy atom. The van der Waals surface area contributed by atoms with Crippen molar-refractivity contribution in [2.24, 2.45) is 0 Å². The third kappa shape index (κ3) is 4.99. The monoisotopic (exact) mass is 391 g/mol. The average molecular weight is 391 g/mol. The van der Waals surface area contributed by atoms with Crippen molar-refractivity contribution in [1.82, 2.24) is 5.32 Å². The standard InChI is InChI=1S/C17H11F6NO3/c18-16(19,20)12-6-5-11(7-13(12)17(21,22)23)14(25)24-8-9-1-3-10(4-2-9)15(26)27/h1-7H,8H2,(H,24,25)(H,26,27). The molecule has 2 rings (SSSR count). The second kappa shape index (κ2) is 7.29. The molecule has 4 nitrogen and oxygen atoms in total. The Morgan fingerprint density at radius 2 is 1.33 bits per heavy atom. The van der Waals surface area contributed by atoms with E-state index in [-0.39, 0.29) is 24.2 Å². The van der Waals surface area contributed by atoms with Gasteiger partial charge in [0.1, 0.15) is 0 Å². The molecule has 0 radical (unpaired) electrons. The van der Waals surface area contributed by atoms with Crippen LogP contribution >= 0.6 is 0 Å². The van der Waals surface area contributed by atoms with Gasteiger partial charge in [-0.05, 0) is 35.9 Å². The maximum Gasteiger partial charge on any atom is 0.417 e. The van der Waals surface area contributed by atoms with Crippen molar-refractivity contribution in [2.45, 2.75) is 18.9 Å². The Morgan fingerprint density at radius 3 is 1.81 bits per heavy atom.